The molecule has 0 radical (unpaired) electrons. The predicted octanol–water partition coefficient (Wildman–Crippen LogP) is 2.77. The Morgan fingerprint density at radius 3 is 2.81 bits per heavy atom. The summed E-state index contributed by atoms with van der Waals surface area (Å²) in [4.78, 5) is 10.8. The molecule has 0 amide bonds. The van der Waals surface area contributed by atoms with Gasteiger partial charge in [-0.15, -0.1) is 0 Å². The van der Waals surface area contributed by atoms with Gasteiger partial charge in [-0.1, -0.05) is 23.7 Å². The molecule has 1 heterocycles. The van der Waals surface area contributed by atoms with Gasteiger partial charge in [0.2, 0.25) is 0 Å². The summed E-state index contributed by atoms with van der Waals surface area (Å²) in [6, 6.07) is 5.61. The predicted molar refractivity (Wildman–Crippen MR) is 64.0 cm³/mol. The summed E-state index contributed by atoms with van der Waals surface area (Å²) in [5, 5.41) is 10.3. The standard InChI is InChI=1S/C12H12ClNO2/c1-7-12(13)11-8(6-10(15)16)4-3-5-9(11)14(7)2/h3-5H,6H2,1-2H3,(H,15,16). The SMILES string of the molecule is Cc1c(Cl)c2c(CC(=O)O)cccc2n1C. The van der Waals surface area contributed by atoms with Gasteiger partial charge in [0, 0.05) is 23.6 Å². The molecule has 0 bridgehead atoms. The van der Waals surface area contributed by atoms with Gasteiger partial charge in [-0.3, -0.25) is 4.79 Å². The molecule has 0 unspecified atom stereocenters. The first-order chi connectivity index (χ1) is 7.52. The van der Waals surface area contributed by atoms with Crippen molar-refractivity contribution in [2.45, 2.75) is 13.3 Å². The number of halogens is 1. The third-order valence-electron chi connectivity index (χ3n) is 2.87. The van der Waals surface area contributed by atoms with Gasteiger partial charge < -0.3 is 9.67 Å². The third-order valence-corrected chi connectivity index (χ3v) is 3.33. The molecule has 0 fully saturated rings. The van der Waals surface area contributed by atoms with E-state index in [1.807, 2.05) is 36.7 Å². The van der Waals surface area contributed by atoms with Gasteiger partial charge in [-0.05, 0) is 18.6 Å². The molecule has 2 rings (SSSR count). The van der Waals surface area contributed by atoms with Gasteiger partial charge in [0.25, 0.3) is 0 Å². The van der Waals surface area contributed by atoms with E-state index < -0.39 is 5.97 Å². The fraction of sp³-hybridized carbons (Fsp3) is 0.250. The second-order valence-electron chi connectivity index (χ2n) is 3.84. The number of carboxylic acid groups (broad SMARTS) is 1. The molecule has 1 N–H and O–H groups in total. The van der Waals surface area contributed by atoms with E-state index in [9.17, 15) is 4.79 Å². The molecule has 1 aromatic heterocycles. The van der Waals surface area contributed by atoms with Crippen molar-refractivity contribution in [2.24, 2.45) is 7.05 Å². The van der Waals surface area contributed by atoms with Crippen molar-refractivity contribution in [1.82, 2.24) is 4.57 Å². The Kier molecular flexibility index (Phi) is 2.64. The van der Waals surface area contributed by atoms with Crippen LogP contribution in [0.25, 0.3) is 10.9 Å². The Bertz CT molecular complexity index is 572. The molecule has 0 aliphatic heterocycles. The summed E-state index contributed by atoms with van der Waals surface area (Å²) in [6.07, 6.45) is 0.000509. The van der Waals surface area contributed by atoms with Crippen molar-refractivity contribution in [2.75, 3.05) is 0 Å². The summed E-state index contributed by atoms with van der Waals surface area (Å²) in [5.74, 6) is -0.843. The molecule has 0 saturated heterocycles. The number of nitrogens with zero attached hydrogens (tertiary/aromatic N) is 1. The first kappa shape index (κ1) is 11.0. The number of hydrogen-bond acceptors (Lipinski definition) is 1. The highest BCUT2D eigenvalue weighted by Crippen LogP contribution is 2.32. The Hall–Kier alpha value is -1.48. The van der Waals surface area contributed by atoms with E-state index in [0.717, 1.165) is 22.2 Å². The van der Waals surface area contributed by atoms with Gasteiger partial charge in [0.1, 0.15) is 0 Å². The maximum Gasteiger partial charge on any atom is 0.307 e. The van der Waals surface area contributed by atoms with Crippen LogP contribution in [0.15, 0.2) is 18.2 Å². The Morgan fingerprint density at radius 2 is 2.19 bits per heavy atom. The molecular weight excluding hydrogens is 226 g/mol. The van der Waals surface area contributed by atoms with Crippen molar-refractivity contribution in [1.29, 1.82) is 0 Å². The molecule has 0 spiro atoms. The van der Waals surface area contributed by atoms with E-state index in [2.05, 4.69) is 0 Å². The van der Waals surface area contributed by atoms with Gasteiger partial charge in [0.15, 0.2) is 0 Å². The Morgan fingerprint density at radius 1 is 1.50 bits per heavy atom. The number of fused-ring (bicyclic) bond motifs is 1. The average molecular weight is 238 g/mol. The highest BCUT2D eigenvalue weighted by atomic mass is 35.5. The summed E-state index contributed by atoms with van der Waals surface area (Å²) >= 11 is 6.22. The smallest absolute Gasteiger partial charge is 0.307 e. The zero-order valence-corrected chi connectivity index (χ0v) is 9.88. The van der Waals surface area contributed by atoms with Crippen molar-refractivity contribution < 1.29 is 9.90 Å². The van der Waals surface area contributed by atoms with Crippen LogP contribution in [-0.2, 0) is 18.3 Å². The van der Waals surface area contributed by atoms with E-state index in [-0.39, 0.29) is 6.42 Å². The average Bonchev–Trinajstić information content (AvgIpc) is 2.44. The number of aryl methyl sites for hydroxylation is 1. The lowest BCUT2D eigenvalue weighted by Crippen LogP contribution is -2.00. The molecule has 84 valence electrons. The van der Waals surface area contributed by atoms with Gasteiger partial charge in [-0.25, -0.2) is 0 Å². The summed E-state index contributed by atoms with van der Waals surface area (Å²) < 4.78 is 1.98. The van der Waals surface area contributed by atoms with Crippen LogP contribution in [-0.4, -0.2) is 15.6 Å². The number of rotatable bonds is 2. The van der Waals surface area contributed by atoms with Crippen LogP contribution < -0.4 is 0 Å². The Labute approximate surface area is 98.3 Å². The van der Waals surface area contributed by atoms with E-state index in [0.29, 0.717) is 5.02 Å². The maximum atomic E-state index is 10.8. The third kappa shape index (κ3) is 1.57. The molecule has 0 atom stereocenters. The van der Waals surface area contributed by atoms with Crippen LogP contribution in [0.1, 0.15) is 11.3 Å². The largest absolute Gasteiger partial charge is 0.481 e. The van der Waals surface area contributed by atoms with Crippen LogP contribution in [0.5, 0.6) is 0 Å². The molecule has 1 aromatic carbocycles. The summed E-state index contributed by atoms with van der Waals surface area (Å²) in [5.41, 5.74) is 2.69. The van der Waals surface area contributed by atoms with Crippen molar-refractivity contribution in [3.63, 3.8) is 0 Å². The van der Waals surface area contributed by atoms with E-state index in [1.165, 1.54) is 0 Å². The van der Waals surface area contributed by atoms with Crippen LogP contribution in [0.4, 0.5) is 0 Å². The van der Waals surface area contributed by atoms with Crippen molar-refractivity contribution in [3.05, 3.63) is 34.5 Å². The lowest BCUT2D eigenvalue weighted by molar-refractivity contribution is -0.136. The lowest BCUT2D eigenvalue weighted by Gasteiger charge is -2.01. The minimum atomic E-state index is -0.843. The van der Waals surface area contributed by atoms with E-state index in [4.69, 9.17) is 16.7 Å². The van der Waals surface area contributed by atoms with Crippen molar-refractivity contribution >= 4 is 28.5 Å². The first-order valence-corrected chi connectivity index (χ1v) is 5.34. The minimum Gasteiger partial charge on any atom is -0.481 e. The summed E-state index contributed by atoms with van der Waals surface area (Å²) in [6.45, 7) is 1.92. The maximum absolute atomic E-state index is 10.8. The highest BCUT2D eigenvalue weighted by Gasteiger charge is 2.14. The number of hydrogen-bond donors (Lipinski definition) is 1. The zero-order valence-electron chi connectivity index (χ0n) is 9.12. The monoisotopic (exact) mass is 237 g/mol. The molecule has 0 saturated carbocycles. The van der Waals surface area contributed by atoms with Crippen LogP contribution in [0.3, 0.4) is 0 Å². The normalized spacial score (nSPS) is 10.9. The number of aromatic nitrogens is 1. The van der Waals surface area contributed by atoms with E-state index >= 15 is 0 Å². The number of carbonyl (C=O) groups is 1. The quantitative estimate of drug-likeness (QED) is 0.873. The van der Waals surface area contributed by atoms with Gasteiger partial charge in [0.05, 0.1) is 11.4 Å². The second kappa shape index (κ2) is 3.83. The summed E-state index contributed by atoms with van der Waals surface area (Å²) in [7, 11) is 1.92. The lowest BCUT2D eigenvalue weighted by atomic mass is 10.1. The molecule has 3 nitrogen and oxygen atoms in total. The van der Waals surface area contributed by atoms with Crippen molar-refractivity contribution in [3.8, 4) is 0 Å². The molecular formula is C12H12ClNO2. The molecule has 0 aliphatic carbocycles. The fourth-order valence-electron chi connectivity index (χ4n) is 1.94. The van der Waals surface area contributed by atoms with E-state index in [1.54, 1.807) is 0 Å². The van der Waals surface area contributed by atoms with Gasteiger partial charge in [-0.2, -0.15) is 0 Å². The number of aliphatic carboxylic acids is 1. The minimum absolute atomic E-state index is 0.000509. The molecule has 0 aliphatic rings. The van der Waals surface area contributed by atoms with Crippen LogP contribution >= 0.6 is 11.6 Å². The first-order valence-electron chi connectivity index (χ1n) is 4.96. The van der Waals surface area contributed by atoms with Crippen LogP contribution in [0, 0.1) is 6.92 Å². The molecule has 4 heteroatoms. The number of carboxylic acids is 1. The highest BCUT2D eigenvalue weighted by molar-refractivity contribution is 6.36. The number of benzene rings is 1. The fourth-order valence-corrected chi connectivity index (χ4v) is 2.28. The molecule has 2 aromatic rings. The van der Waals surface area contributed by atoms with Crippen LogP contribution in [0.2, 0.25) is 5.02 Å². The van der Waals surface area contributed by atoms with Gasteiger partial charge >= 0.3 is 5.97 Å². The topological polar surface area (TPSA) is 42.2 Å². The Balaban J connectivity index is 2.76. The molecule has 16 heavy (non-hydrogen) atoms. The zero-order chi connectivity index (χ0) is 11.9. The second-order valence-corrected chi connectivity index (χ2v) is 4.22.